The van der Waals surface area contributed by atoms with Crippen molar-refractivity contribution in [3.63, 3.8) is 0 Å². The molecule has 0 radical (unpaired) electrons. The van der Waals surface area contributed by atoms with Gasteiger partial charge in [-0.05, 0) is 44.2 Å². The third-order valence-electron chi connectivity index (χ3n) is 4.28. The molecule has 1 saturated carbocycles. The van der Waals surface area contributed by atoms with Crippen molar-refractivity contribution >= 4 is 17.3 Å². The van der Waals surface area contributed by atoms with Crippen molar-refractivity contribution in [1.29, 1.82) is 0 Å². The number of nitro benzene ring substituents is 1. The summed E-state index contributed by atoms with van der Waals surface area (Å²) in [6.45, 7) is 6.40. The molecule has 0 spiro atoms. The summed E-state index contributed by atoms with van der Waals surface area (Å²) in [5.74, 6) is 0.284. The summed E-state index contributed by atoms with van der Waals surface area (Å²) >= 11 is 0. The molecule has 0 aliphatic heterocycles. The van der Waals surface area contributed by atoms with E-state index < -0.39 is 4.92 Å². The number of hydrogen-bond donors (Lipinski definition) is 1. The molecule has 0 saturated heterocycles. The van der Waals surface area contributed by atoms with E-state index in [0.29, 0.717) is 18.9 Å². The van der Waals surface area contributed by atoms with Crippen LogP contribution in [0.25, 0.3) is 0 Å². The highest BCUT2D eigenvalue weighted by molar-refractivity contribution is 5.70. The Balaban J connectivity index is 2.16. The van der Waals surface area contributed by atoms with Crippen LogP contribution in [0.5, 0.6) is 0 Å². The average molecular weight is 306 g/mol. The van der Waals surface area contributed by atoms with Gasteiger partial charge >= 0.3 is 5.97 Å². The molecule has 0 aromatic heterocycles. The van der Waals surface area contributed by atoms with E-state index in [-0.39, 0.29) is 23.6 Å². The van der Waals surface area contributed by atoms with Crippen molar-refractivity contribution in [2.24, 2.45) is 5.92 Å². The molecule has 6 heteroatoms. The number of nitrogens with zero attached hydrogens (tertiary/aromatic N) is 1. The van der Waals surface area contributed by atoms with Gasteiger partial charge < -0.3 is 10.1 Å². The molecule has 1 N–H and O–H groups in total. The Morgan fingerprint density at radius 2 is 2.23 bits per heavy atom. The quantitative estimate of drug-likeness (QED) is 0.475. The van der Waals surface area contributed by atoms with E-state index in [2.05, 4.69) is 19.2 Å². The van der Waals surface area contributed by atoms with Gasteiger partial charge in [0.05, 0.1) is 11.5 Å². The molecule has 2 atom stereocenters. The molecule has 6 nitrogen and oxygen atoms in total. The maximum Gasteiger partial charge on any atom is 0.306 e. The molecular weight excluding hydrogens is 284 g/mol. The summed E-state index contributed by atoms with van der Waals surface area (Å²) in [4.78, 5) is 22.1. The minimum atomic E-state index is -0.418. The highest BCUT2D eigenvalue weighted by Crippen LogP contribution is 2.45. The first kappa shape index (κ1) is 16.3. The van der Waals surface area contributed by atoms with Gasteiger partial charge in [0, 0.05) is 29.8 Å². The Labute approximate surface area is 130 Å². The second-order valence-corrected chi connectivity index (χ2v) is 6.05. The van der Waals surface area contributed by atoms with Crippen LogP contribution < -0.4 is 5.32 Å². The highest BCUT2D eigenvalue weighted by Gasteiger charge is 2.46. The second kappa shape index (κ2) is 6.34. The molecule has 1 aliphatic carbocycles. The van der Waals surface area contributed by atoms with Gasteiger partial charge in [0.2, 0.25) is 0 Å². The van der Waals surface area contributed by atoms with E-state index in [1.165, 1.54) is 12.1 Å². The van der Waals surface area contributed by atoms with Crippen LogP contribution in [0.15, 0.2) is 18.2 Å². The lowest BCUT2D eigenvalue weighted by Gasteiger charge is -2.18. The number of rotatable bonds is 7. The lowest BCUT2D eigenvalue weighted by atomic mass is 10.1. The zero-order valence-corrected chi connectivity index (χ0v) is 13.2. The summed E-state index contributed by atoms with van der Waals surface area (Å²) < 4.78 is 4.92. The predicted octanol–water partition coefficient (Wildman–Crippen LogP) is 3.30. The summed E-state index contributed by atoms with van der Waals surface area (Å²) in [6, 6.07) is 4.76. The zero-order valence-electron chi connectivity index (χ0n) is 13.2. The minimum absolute atomic E-state index is 0.0365. The Kier molecular flexibility index (Phi) is 4.68. The van der Waals surface area contributed by atoms with Crippen molar-refractivity contribution in [1.82, 2.24) is 0 Å². The van der Waals surface area contributed by atoms with E-state index in [0.717, 1.165) is 17.7 Å². The number of carbonyl (C=O) groups is 1. The number of non-ortho nitro benzene ring substituents is 1. The number of nitrogens with one attached hydrogen (secondary N) is 1. The topological polar surface area (TPSA) is 81.5 Å². The summed E-state index contributed by atoms with van der Waals surface area (Å²) in [5, 5.41) is 14.4. The molecule has 2 unspecified atom stereocenters. The maximum atomic E-state index is 11.5. The van der Waals surface area contributed by atoms with Gasteiger partial charge in [0.15, 0.2) is 0 Å². The first-order valence-corrected chi connectivity index (χ1v) is 7.57. The van der Waals surface area contributed by atoms with Crippen LogP contribution in [0.2, 0.25) is 0 Å². The molecule has 0 amide bonds. The molecule has 1 fully saturated rings. The van der Waals surface area contributed by atoms with Gasteiger partial charge in [-0.2, -0.15) is 0 Å². The van der Waals surface area contributed by atoms with Gasteiger partial charge in [0.1, 0.15) is 0 Å². The lowest BCUT2D eigenvalue weighted by molar-refractivity contribution is -0.384. The molecule has 0 bridgehead atoms. The number of ether oxygens (including phenoxy) is 1. The minimum Gasteiger partial charge on any atom is -0.466 e. The van der Waals surface area contributed by atoms with Gasteiger partial charge in [-0.3, -0.25) is 14.9 Å². The average Bonchev–Trinajstić information content (AvgIpc) is 3.04. The summed E-state index contributed by atoms with van der Waals surface area (Å²) in [7, 11) is 0. The fourth-order valence-corrected chi connectivity index (χ4v) is 2.55. The fraction of sp³-hybridized carbons (Fsp3) is 0.562. The third kappa shape index (κ3) is 3.75. The number of carbonyl (C=O) groups excluding carboxylic acids is 1. The lowest BCUT2D eigenvalue weighted by Crippen LogP contribution is -2.20. The van der Waals surface area contributed by atoms with E-state index in [9.17, 15) is 14.9 Å². The number of anilines is 1. The monoisotopic (exact) mass is 306 g/mol. The van der Waals surface area contributed by atoms with Gasteiger partial charge in [-0.25, -0.2) is 0 Å². The van der Waals surface area contributed by atoms with Crippen molar-refractivity contribution in [3.05, 3.63) is 33.9 Å². The Bertz CT molecular complexity index is 588. The Hall–Kier alpha value is -2.11. The van der Waals surface area contributed by atoms with Crippen LogP contribution in [-0.2, 0) is 16.0 Å². The van der Waals surface area contributed by atoms with Crippen LogP contribution in [0.1, 0.15) is 39.2 Å². The summed E-state index contributed by atoms with van der Waals surface area (Å²) in [5.41, 5.74) is 1.72. The van der Waals surface area contributed by atoms with Crippen molar-refractivity contribution in [2.75, 3.05) is 11.9 Å². The standard InChI is InChI=1S/C16H22N2O4/c1-4-22-15(19)8-5-12-9-13(18(20)21)6-7-14(12)17-16(3)10-11(16)2/h6-7,9,11,17H,4-5,8,10H2,1-3H3. The van der Waals surface area contributed by atoms with Gasteiger partial charge in [-0.1, -0.05) is 6.92 Å². The van der Waals surface area contributed by atoms with Crippen LogP contribution in [0.3, 0.4) is 0 Å². The van der Waals surface area contributed by atoms with E-state index in [1.807, 2.05) is 0 Å². The molecule has 1 aliphatic rings. The Morgan fingerprint density at radius 1 is 1.55 bits per heavy atom. The molecule has 2 rings (SSSR count). The first-order chi connectivity index (χ1) is 10.4. The van der Waals surface area contributed by atoms with Gasteiger partial charge in [-0.15, -0.1) is 0 Å². The number of aryl methyl sites for hydroxylation is 1. The van der Waals surface area contributed by atoms with Crippen LogP contribution in [-0.4, -0.2) is 23.0 Å². The van der Waals surface area contributed by atoms with E-state index in [1.54, 1.807) is 13.0 Å². The third-order valence-corrected chi connectivity index (χ3v) is 4.28. The van der Waals surface area contributed by atoms with Crippen molar-refractivity contribution < 1.29 is 14.5 Å². The van der Waals surface area contributed by atoms with Crippen LogP contribution in [0, 0.1) is 16.0 Å². The molecule has 1 aromatic rings. The number of benzene rings is 1. The second-order valence-electron chi connectivity index (χ2n) is 6.05. The maximum absolute atomic E-state index is 11.5. The molecule has 22 heavy (non-hydrogen) atoms. The number of nitro groups is 1. The van der Waals surface area contributed by atoms with Crippen molar-refractivity contribution in [3.8, 4) is 0 Å². The van der Waals surface area contributed by atoms with Crippen LogP contribution >= 0.6 is 0 Å². The predicted molar refractivity (Wildman–Crippen MR) is 83.9 cm³/mol. The Morgan fingerprint density at radius 3 is 2.77 bits per heavy atom. The molecule has 120 valence electrons. The summed E-state index contributed by atoms with van der Waals surface area (Å²) in [6.07, 6.45) is 1.71. The SMILES string of the molecule is CCOC(=O)CCc1cc([N+](=O)[O-])ccc1NC1(C)CC1C. The van der Waals surface area contributed by atoms with Crippen molar-refractivity contribution in [2.45, 2.75) is 45.6 Å². The normalized spacial score (nSPS) is 23.0. The molecule has 0 heterocycles. The zero-order chi connectivity index (χ0) is 16.3. The fourth-order valence-electron chi connectivity index (χ4n) is 2.55. The van der Waals surface area contributed by atoms with Crippen LogP contribution in [0.4, 0.5) is 11.4 Å². The number of hydrogen-bond acceptors (Lipinski definition) is 5. The number of esters is 1. The highest BCUT2D eigenvalue weighted by atomic mass is 16.6. The first-order valence-electron chi connectivity index (χ1n) is 7.57. The smallest absolute Gasteiger partial charge is 0.306 e. The van der Waals surface area contributed by atoms with E-state index >= 15 is 0 Å². The largest absolute Gasteiger partial charge is 0.466 e. The van der Waals surface area contributed by atoms with E-state index in [4.69, 9.17) is 4.74 Å². The van der Waals surface area contributed by atoms with Gasteiger partial charge in [0.25, 0.3) is 5.69 Å². The molecular formula is C16H22N2O4. The molecule has 1 aromatic carbocycles.